The molecule has 0 aliphatic heterocycles. The lowest BCUT2D eigenvalue weighted by atomic mass is 9.96. The predicted octanol–water partition coefficient (Wildman–Crippen LogP) is 1.61. The highest BCUT2D eigenvalue weighted by Crippen LogP contribution is 2.17. The van der Waals surface area contributed by atoms with E-state index in [1.54, 1.807) is 19.9 Å². The Bertz CT molecular complexity index is 448. The van der Waals surface area contributed by atoms with Crippen LogP contribution in [0.2, 0.25) is 0 Å². The second-order valence-electron chi connectivity index (χ2n) is 4.47. The van der Waals surface area contributed by atoms with E-state index in [1.165, 1.54) is 0 Å². The molecule has 0 atom stereocenters. The van der Waals surface area contributed by atoms with Gasteiger partial charge in [-0.1, -0.05) is 27.0 Å². The Hall–Kier alpha value is -2.60. The predicted molar refractivity (Wildman–Crippen MR) is 66.2 cm³/mol. The van der Waals surface area contributed by atoms with Crippen LogP contribution in [0.15, 0.2) is 24.4 Å². The Kier molecular flexibility index (Phi) is 6.02. The lowest BCUT2D eigenvalue weighted by Gasteiger charge is -2.23. The minimum Gasteiger partial charge on any atom is -0.470 e. The van der Waals surface area contributed by atoms with Crippen LogP contribution < -0.4 is 0 Å². The Morgan fingerprint density at radius 1 is 1.26 bits per heavy atom. The van der Waals surface area contributed by atoms with Crippen molar-refractivity contribution < 1.29 is 19.1 Å². The van der Waals surface area contributed by atoms with Gasteiger partial charge >= 0.3 is 11.9 Å². The van der Waals surface area contributed by atoms with Gasteiger partial charge < -0.3 is 9.47 Å². The number of esters is 2. The highest BCUT2D eigenvalue weighted by Gasteiger charge is 2.24. The minimum atomic E-state index is -0.813. The van der Waals surface area contributed by atoms with Crippen molar-refractivity contribution in [3.05, 3.63) is 35.8 Å². The van der Waals surface area contributed by atoms with E-state index in [-0.39, 0.29) is 24.5 Å². The molecule has 0 aromatic carbocycles. The van der Waals surface area contributed by atoms with Crippen molar-refractivity contribution in [1.82, 2.24) is 0 Å². The number of nitrogens with zero attached hydrogens (tertiary/aromatic N) is 2. The molecule has 0 saturated carbocycles. The van der Waals surface area contributed by atoms with Crippen molar-refractivity contribution in [2.45, 2.75) is 13.8 Å². The molecule has 0 heterocycles. The van der Waals surface area contributed by atoms with E-state index in [1.807, 2.05) is 0 Å². The topological polar surface area (TPSA) is 80.8 Å². The highest BCUT2D eigenvalue weighted by molar-refractivity contribution is 5.92. The van der Waals surface area contributed by atoms with Crippen molar-refractivity contribution in [2.75, 3.05) is 13.2 Å². The number of rotatable bonds is 6. The fraction of sp³-hybridized carbons (Fsp3) is 0.385. The van der Waals surface area contributed by atoms with Crippen LogP contribution in [0.25, 0.3) is 4.85 Å². The first-order valence-electron chi connectivity index (χ1n) is 5.23. The van der Waals surface area contributed by atoms with Crippen LogP contribution in [0.4, 0.5) is 0 Å². The van der Waals surface area contributed by atoms with Gasteiger partial charge in [0.1, 0.15) is 18.2 Å². The van der Waals surface area contributed by atoms with Gasteiger partial charge in [0.15, 0.2) is 0 Å². The summed E-state index contributed by atoms with van der Waals surface area (Å²) in [5, 5.41) is 8.44. The van der Waals surface area contributed by atoms with E-state index >= 15 is 0 Å². The monoisotopic (exact) mass is 262 g/mol. The second-order valence-corrected chi connectivity index (χ2v) is 4.47. The third-order valence-corrected chi connectivity index (χ3v) is 1.94. The van der Waals surface area contributed by atoms with E-state index in [2.05, 4.69) is 18.0 Å². The summed E-state index contributed by atoms with van der Waals surface area (Å²) in [5.74, 6) is -1.62. The average molecular weight is 262 g/mol. The molecule has 0 bridgehead atoms. The first kappa shape index (κ1) is 16.4. The maximum Gasteiger partial charge on any atom is 0.348 e. The fourth-order valence-electron chi connectivity index (χ4n) is 0.825. The van der Waals surface area contributed by atoms with E-state index in [4.69, 9.17) is 21.3 Å². The molecule has 0 N–H and O–H groups in total. The van der Waals surface area contributed by atoms with Crippen molar-refractivity contribution in [2.24, 2.45) is 5.41 Å². The zero-order chi connectivity index (χ0) is 15.1. The van der Waals surface area contributed by atoms with Crippen molar-refractivity contribution in [3.63, 3.8) is 0 Å². The van der Waals surface area contributed by atoms with Crippen molar-refractivity contribution >= 4 is 11.9 Å². The number of hydrogen-bond acceptors (Lipinski definition) is 5. The van der Waals surface area contributed by atoms with Crippen LogP contribution >= 0.6 is 0 Å². The summed E-state index contributed by atoms with van der Waals surface area (Å²) in [4.78, 5) is 25.3. The molecule has 6 heteroatoms. The molecule has 0 aliphatic carbocycles. The fourth-order valence-corrected chi connectivity index (χ4v) is 0.825. The third kappa shape index (κ3) is 6.04. The summed E-state index contributed by atoms with van der Waals surface area (Å²) < 4.78 is 9.69. The summed E-state index contributed by atoms with van der Waals surface area (Å²) in [6, 6.07) is 1.57. The molecular formula is C13H14N2O4. The van der Waals surface area contributed by atoms with Crippen LogP contribution in [0.5, 0.6) is 0 Å². The molecule has 6 nitrogen and oxygen atoms in total. The Balaban J connectivity index is 4.28. The first-order valence-corrected chi connectivity index (χ1v) is 5.23. The van der Waals surface area contributed by atoms with Gasteiger partial charge in [-0.15, -0.1) is 0 Å². The molecule has 0 aromatic heterocycles. The SMILES string of the molecule is [C-]#[N+]C(=C)C(=O)OCC(C)(C)COC(=O)C(=C)C#N. The highest BCUT2D eigenvalue weighted by atomic mass is 16.5. The van der Waals surface area contributed by atoms with Gasteiger partial charge in [-0.05, 0) is 0 Å². The van der Waals surface area contributed by atoms with Gasteiger partial charge in [-0.2, -0.15) is 5.26 Å². The van der Waals surface area contributed by atoms with Crippen LogP contribution in [0.3, 0.4) is 0 Å². The molecule has 100 valence electrons. The van der Waals surface area contributed by atoms with E-state index in [9.17, 15) is 9.59 Å². The lowest BCUT2D eigenvalue weighted by Crippen LogP contribution is -2.28. The quantitative estimate of drug-likeness (QED) is 0.314. The number of nitriles is 1. The van der Waals surface area contributed by atoms with Gasteiger partial charge in [-0.25, -0.2) is 9.64 Å². The number of ether oxygens (including phenoxy) is 2. The zero-order valence-corrected chi connectivity index (χ0v) is 10.9. The lowest BCUT2D eigenvalue weighted by molar-refractivity contribution is -0.147. The van der Waals surface area contributed by atoms with Crippen molar-refractivity contribution in [3.8, 4) is 6.07 Å². The van der Waals surface area contributed by atoms with E-state index in [0.29, 0.717) is 0 Å². The van der Waals surface area contributed by atoms with Gasteiger partial charge in [-0.3, -0.25) is 4.79 Å². The molecule has 0 radical (unpaired) electrons. The van der Waals surface area contributed by atoms with Gasteiger partial charge in [0.05, 0.1) is 13.2 Å². The average Bonchev–Trinajstić information content (AvgIpc) is 2.40. The molecule has 0 spiro atoms. The Morgan fingerprint density at radius 2 is 1.74 bits per heavy atom. The summed E-state index contributed by atoms with van der Waals surface area (Å²) in [6.07, 6.45) is 0. The van der Waals surface area contributed by atoms with E-state index in [0.717, 1.165) is 0 Å². The van der Waals surface area contributed by atoms with Gasteiger partial charge in [0, 0.05) is 5.41 Å². The standard InChI is InChI=1S/C13H14N2O4/c1-9(6-14)11(16)18-7-13(3,4)8-19-12(17)10(2)15-5/h1-2,7-8H2,3-4H3. The van der Waals surface area contributed by atoms with Crippen LogP contribution in [0.1, 0.15) is 13.8 Å². The molecule has 0 fully saturated rings. The van der Waals surface area contributed by atoms with E-state index < -0.39 is 17.4 Å². The molecule has 0 rings (SSSR count). The Morgan fingerprint density at radius 3 is 2.16 bits per heavy atom. The maximum absolute atomic E-state index is 11.2. The van der Waals surface area contributed by atoms with Crippen LogP contribution in [-0.2, 0) is 19.1 Å². The molecule has 0 unspecified atom stereocenters. The largest absolute Gasteiger partial charge is 0.470 e. The third-order valence-electron chi connectivity index (χ3n) is 1.94. The smallest absolute Gasteiger partial charge is 0.348 e. The van der Waals surface area contributed by atoms with Crippen LogP contribution in [0, 0.1) is 23.3 Å². The summed E-state index contributed by atoms with van der Waals surface area (Å²) in [6.45, 7) is 16.3. The molecule has 0 amide bonds. The number of carbonyl (C=O) groups is 2. The summed E-state index contributed by atoms with van der Waals surface area (Å²) >= 11 is 0. The van der Waals surface area contributed by atoms with Crippen LogP contribution in [-0.4, -0.2) is 25.2 Å². The summed E-state index contributed by atoms with van der Waals surface area (Å²) in [5.41, 5.74) is -1.26. The molecule has 0 aliphatic rings. The Labute approximate surface area is 111 Å². The minimum absolute atomic E-state index is 0.0489. The summed E-state index contributed by atoms with van der Waals surface area (Å²) in [7, 11) is 0. The number of hydrogen-bond donors (Lipinski definition) is 0. The molecule has 19 heavy (non-hydrogen) atoms. The van der Waals surface area contributed by atoms with Crippen molar-refractivity contribution in [1.29, 1.82) is 5.26 Å². The second kappa shape index (κ2) is 6.97. The van der Waals surface area contributed by atoms with Gasteiger partial charge in [0.25, 0.3) is 5.70 Å². The van der Waals surface area contributed by atoms with Gasteiger partial charge in [0.2, 0.25) is 0 Å². The first-order chi connectivity index (χ1) is 8.73. The normalized spacial score (nSPS) is 9.68. The maximum atomic E-state index is 11.2. The number of carbonyl (C=O) groups excluding carboxylic acids is 2. The molecule has 0 saturated heterocycles. The molecule has 0 aromatic rings. The molecular weight excluding hydrogens is 248 g/mol. The zero-order valence-electron chi connectivity index (χ0n) is 10.9.